The van der Waals surface area contributed by atoms with E-state index in [0.29, 0.717) is 25.7 Å². The highest BCUT2D eigenvalue weighted by Gasteiger charge is 2.48. The number of ether oxygens (including phenoxy) is 1. The number of carbonyl (C=O) groups excluding carboxylic acids is 1. The first-order chi connectivity index (χ1) is 9.43. The first-order valence-corrected chi connectivity index (χ1v) is 7.12. The second kappa shape index (κ2) is 5.99. The maximum absolute atomic E-state index is 11.3. The van der Waals surface area contributed by atoms with Gasteiger partial charge in [0.15, 0.2) is 0 Å². The van der Waals surface area contributed by atoms with Crippen molar-refractivity contribution in [3.63, 3.8) is 0 Å². The van der Waals surface area contributed by atoms with Crippen molar-refractivity contribution in [2.45, 2.75) is 57.3 Å². The third-order valence-corrected chi connectivity index (χ3v) is 4.19. The van der Waals surface area contributed by atoms with E-state index in [-0.39, 0.29) is 23.9 Å². The Hall–Kier alpha value is -1.31. The van der Waals surface area contributed by atoms with Gasteiger partial charge in [0, 0.05) is 24.7 Å². The second-order valence-corrected chi connectivity index (χ2v) is 5.92. The van der Waals surface area contributed by atoms with E-state index in [0.717, 1.165) is 0 Å². The lowest BCUT2D eigenvalue weighted by Gasteiger charge is -2.20. The zero-order chi connectivity index (χ0) is 14.8. The Labute approximate surface area is 119 Å². The Bertz CT molecular complexity index is 455. The first kappa shape index (κ1) is 15.1. The minimum absolute atomic E-state index is 0.0417. The summed E-state index contributed by atoms with van der Waals surface area (Å²) in [5.41, 5.74) is -0.939. The molecule has 0 aromatic heterocycles. The lowest BCUT2D eigenvalue weighted by Crippen LogP contribution is -2.23. The molecule has 2 rings (SSSR count). The standard InChI is InChI=1S/C16H22O4/c1-3-4-5-7-16(2,19)8-6-11-12-9-15(18)20-14(12)10-13(11)17/h6,8,11-14,17,19H,5,7,9-10H2,1-2H3/t11-,12-,13-,14+,16?/m1/s1. The molecule has 0 bridgehead atoms. The maximum Gasteiger partial charge on any atom is 0.306 e. The first-order valence-electron chi connectivity index (χ1n) is 7.12. The molecule has 0 aromatic carbocycles. The van der Waals surface area contributed by atoms with E-state index < -0.39 is 11.7 Å². The van der Waals surface area contributed by atoms with Gasteiger partial charge in [-0.1, -0.05) is 12.2 Å². The minimum atomic E-state index is -0.939. The Morgan fingerprint density at radius 2 is 2.30 bits per heavy atom. The van der Waals surface area contributed by atoms with Crippen LogP contribution >= 0.6 is 0 Å². The lowest BCUT2D eigenvalue weighted by atomic mass is 9.89. The molecule has 1 saturated carbocycles. The molecular weight excluding hydrogens is 256 g/mol. The van der Waals surface area contributed by atoms with Crippen molar-refractivity contribution >= 4 is 5.97 Å². The van der Waals surface area contributed by atoms with Gasteiger partial charge in [0.2, 0.25) is 0 Å². The molecule has 1 heterocycles. The number of fused-ring (bicyclic) bond motifs is 1. The van der Waals surface area contributed by atoms with E-state index in [1.54, 1.807) is 19.9 Å². The van der Waals surface area contributed by atoms with Crippen LogP contribution in [-0.2, 0) is 9.53 Å². The molecule has 1 aliphatic heterocycles. The molecule has 0 radical (unpaired) electrons. The van der Waals surface area contributed by atoms with Crippen molar-refractivity contribution in [1.82, 2.24) is 0 Å². The van der Waals surface area contributed by atoms with Crippen LogP contribution in [0.5, 0.6) is 0 Å². The number of hydrogen-bond donors (Lipinski definition) is 2. The van der Waals surface area contributed by atoms with Crippen molar-refractivity contribution in [3.8, 4) is 11.8 Å². The van der Waals surface area contributed by atoms with Crippen molar-refractivity contribution in [3.05, 3.63) is 12.2 Å². The van der Waals surface area contributed by atoms with E-state index >= 15 is 0 Å². The molecule has 2 aliphatic rings. The Morgan fingerprint density at radius 3 is 3.00 bits per heavy atom. The predicted octanol–water partition coefficient (Wildman–Crippen LogP) is 1.41. The fraction of sp³-hybridized carbons (Fsp3) is 0.688. The SMILES string of the molecule is CC#CCCC(C)(O)C=C[C@@H]1[C@H]2CC(=O)O[C@H]2C[C@H]1O. The van der Waals surface area contributed by atoms with Gasteiger partial charge in [-0.2, -0.15) is 0 Å². The van der Waals surface area contributed by atoms with Gasteiger partial charge in [0.1, 0.15) is 6.10 Å². The van der Waals surface area contributed by atoms with Crippen LogP contribution in [-0.4, -0.2) is 34.0 Å². The molecule has 0 amide bonds. The smallest absolute Gasteiger partial charge is 0.306 e. The van der Waals surface area contributed by atoms with Gasteiger partial charge in [-0.05, 0) is 20.3 Å². The molecule has 1 aliphatic carbocycles. The molecule has 110 valence electrons. The van der Waals surface area contributed by atoms with Crippen LogP contribution in [0.2, 0.25) is 0 Å². The van der Waals surface area contributed by atoms with Crippen LogP contribution in [0, 0.1) is 23.7 Å². The zero-order valence-electron chi connectivity index (χ0n) is 12.0. The molecule has 0 spiro atoms. The molecule has 5 atom stereocenters. The van der Waals surface area contributed by atoms with Crippen LogP contribution in [0.1, 0.15) is 39.5 Å². The van der Waals surface area contributed by atoms with E-state index in [9.17, 15) is 15.0 Å². The molecular formula is C16H22O4. The molecule has 4 heteroatoms. The highest BCUT2D eigenvalue weighted by molar-refractivity contribution is 5.72. The predicted molar refractivity (Wildman–Crippen MR) is 74.5 cm³/mol. The molecule has 1 saturated heterocycles. The summed E-state index contributed by atoms with van der Waals surface area (Å²) in [6.45, 7) is 3.51. The Morgan fingerprint density at radius 1 is 1.55 bits per heavy atom. The number of aliphatic hydroxyl groups is 2. The normalized spacial score (nSPS) is 35.3. The fourth-order valence-electron chi connectivity index (χ4n) is 3.03. The molecule has 2 N–H and O–H groups in total. The number of carbonyl (C=O) groups is 1. The summed E-state index contributed by atoms with van der Waals surface area (Å²) in [5, 5.41) is 20.3. The van der Waals surface area contributed by atoms with E-state index in [1.807, 2.05) is 6.08 Å². The maximum atomic E-state index is 11.3. The van der Waals surface area contributed by atoms with E-state index in [2.05, 4.69) is 11.8 Å². The second-order valence-electron chi connectivity index (χ2n) is 5.92. The highest BCUT2D eigenvalue weighted by atomic mass is 16.6. The monoisotopic (exact) mass is 278 g/mol. The summed E-state index contributed by atoms with van der Waals surface area (Å²) < 4.78 is 5.18. The van der Waals surface area contributed by atoms with Crippen molar-refractivity contribution < 1.29 is 19.7 Å². The van der Waals surface area contributed by atoms with Crippen LogP contribution in [0.15, 0.2) is 12.2 Å². The van der Waals surface area contributed by atoms with Gasteiger partial charge >= 0.3 is 5.97 Å². The molecule has 4 nitrogen and oxygen atoms in total. The summed E-state index contributed by atoms with van der Waals surface area (Å²) in [6.07, 6.45) is 4.95. The quantitative estimate of drug-likeness (QED) is 0.463. The van der Waals surface area contributed by atoms with Crippen molar-refractivity contribution in [2.75, 3.05) is 0 Å². The lowest BCUT2D eigenvalue weighted by molar-refractivity contribution is -0.141. The molecule has 20 heavy (non-hydrogen) atoms. The van der Waals surface area contributed by atoms with Gasteiger partial charge in [0.05, 0.1) is 18.1 Å². The van der Waals surface area contributed by atoms with Crippen LogP contribution in [0.4, 0.5) is 0 Å². The number of esters is 1. The third kappa shape index (κ3) is 3.41. The van der Waals surface area contributed by atoms with Crippen LogP contribution < -0.4 is 0 Å². The van der Waals surface area contributed by atoms with E-state index in [4.69, 9.17) is 4.74 Å². The van der Waals surface area contributed by atoms with Crippen LogP contribution in [0.25, 0.3) is 0 Å². The summed E-state index contributed by atoms with van der Waals surface area (Å²) >= 11 is 0. The molecule has 0 aromatic rings. The largest absolute Gasteiger partial charge is 0.462 e. The van der Waals surface area contributed by atoms with Gasteiger partial charge in [-0.3, -0.25) is 4.79 Å². The average Bonchev–Trinajstić information content (AvgIpc) is 2.82. The van der Waals surface area contributed by atoms with Gasteiger partial charge < -0.3 is 14.9 Å². The third-order valence-electron chi connectivity index (χ3n) is 4.19. The van der Waals surface area contributed by atoms with Gasteiger partial charge in [-0.25, -0.2) is 0 Å². The average molecular weight is 278 g/mol. The number of aliphatic hydroxyl groups excluding tert-OH is 1. The summed E-state index contributed by atoms with van der Waals surface area (Å²) in [4.78, 5) is 11.3. The topological polar surface area (TPSA) is 66.8 Å². The highest BCUT2D eigenvalue weighted by Crippen LogP contribution is 2.42. The van der Waals surface area contributed by atoms with Crippen LogP contribution in [0.3, 0.4) is 0 Å². The Kier molecular flexibility index (Phi) is 4.52. The number of hydrogen-bond acceptors (Lipinski definition) is 4. The van der Waals surface area contributed by atoms with E-state index in [1.165, 1.54) is 0 Å². The number of rotatable bonds is 4. The minimum Gasteiger partial charge on any atom is -0.462 e. The molecule has 2 fully saturated rings. The fourth-order valence-corrected chi connectivity index (χ4v) is 3.03. The molecule has 1 unspecified atom stereocenters. The zero-order valence-corrected chi connectivity index (χ0v) is 12.0. The van der Waals surface area contributed by atoms with Gasteiger partial charge in [0.25, 0.3) is 0 Å². The summed E-state index contributed by atoms with van der Waals surface area (Å²) in [5.74, 6) is 5.47. The van der Waals surface area contributed by atoms with Crippen molar-refractivity contribution in [1.29, 1.82) is 0 Å². The van der Waals surface area contributed by atoms with Gasteiger partial charge in [-0.15, -0.1) is 11.8 Å². The van der Waals surface area contributed by atoms with Crippen molar-refractivity contribution in [2.24, 2.45) is 11.8 Å². The summed E-state index contributed by atoms with van der Waals surface area (Å²) in [6, 6.07) is 0. The summed E-state index contributed by atoms with van der Waals surface area (Å²) in [7, 11) is 0. The Balaban J connectivity index is 1.98.